The molecular weight excluding hydrogens is 260 g/mol. The van der Waals surface area contributed by atoms with Crippen LogP contribution < -0.4 is 10.6 Å². The van der Waals surface area contributed by atoms with Gasteiger partial charge in [-0.05, 0) is 18.9 Å². The van der Waals surface area contributed by atoms with Crippen LogP contribution in [0.2, 0.25) is 0 Å². The monoisotopic (exact) mass is 276 g/mol. The average molecular weight is 276 g/mol. The van der Waals surface area contributed by atoms with Crippen molar-refractivity contribution in [1.29, 1.82) is 5.26 Å². The number of rotatable bonds is 7. The van der Waals surface area contributed by atoms with Gasteiger partial charge < -0.3 is 10.6 Å². The van der Waals surface area contributed by atoms with Gasteiger partial charge in [-0.1, -0.05) is 0 Å². The third-order valence-electron chi connectivity index (χ3n) is 2.72. The molecule has 0 saturated heterocycles. The van der Waals surface area contributed by atoms with Crippen molar-refractivity contribution >= 4 is 17.3 Å². The normalized spacial score (nSPS) is 9.60. The highest BCUT2D eigenvalue weighted by Gasteiger charge is 2.15. The quantitative estimate of drug-likeness (QED) is 0.450. The zero-order valence-electron chi connectivity index (χ0n) is 11.2. The molecule has 20 heavy (non-hydrogen) atoms. The van der Waals surface area contributed by atoms with Gasteiger partial charge in [-0.25, -0.2) is 0 Å². The Morgan fingerprint density at radius 3 is 2.80 bits per heavy atom. The van der Waals surface area contributed by atoms with E-state index in [0.717, 1.165) is 12.8 Å². The van der Waals surface area contributed by atoms with Gasteiger partial charge in [-0.3, -0.25) is 14.9 Å². The van der Waals surface area contributed by atoms with Gasteiger partial charge in [0.05, 0.1) is 16.6 Å². The Labute approximate surface area is 116 Å². The molecule has 0 fully saturated rings. The molecule has 0 aliphatic rings. The van der Waals surface area contributed by atoms with E-state index in [9.17, 15) is 14.9 Å². The molecular formula is C13H16N4O3. The van der Waals surface area contributed by atoms with Crippen LogP contribution in [-0.2, 0) is 0 Å². The predicted octanol–water partition coefficient (Wildman–Crippen LogP) is 2.06. The third kappa shape index (κ3) is 4.24. The first-order valence-electron chi connectivity index (χ1n) is 6.21. The minimum atomic E-state index is -0.539. The predicted molar refractivity (Wildman–Crippen MR) is 74.4 cm³/mol. The first-order valence-corrected chi connectivity index (χ1v) is 6.21. The molecule has 106 valence electrons. The number of hydrogen-bond acceptors (Lipinski definition) is 5. The lowest BCUT2D eigenvalue weighted by molar-refractivity contribution is -0.384. The number of carbonyl (C=O) groups excluding carboxylic acids is 1. The maximum atomic E-state index is 11.7. The number of nitro benzene ring substituents is 1. The number of anilines is 1. The maximum Gasteiger partial charge on any atom is 0.270 e. The zero-order chi connectivity index (χ0) is 15.0. The Morgan fingerprint density at radius 1 is 1.45 bits per heavy atom. The SMILES string of the molecule is CNC(=O)c1cc([N+](=O)[O-])ccc1NCCCCC#N. The molecule has 1 aromatic carbocycles. The van der Waals surface area contributed by atoms with Gasteiger partial charge in [-0.15, -0.1) is 0 Å². The number of nitrogens with one attached hydrogen (secondary N) is 2. The van der Waals surface area contributed by atoms with Crippen molar-refractivity contribution in [3.8, 4) is 6.07 Å². The molecule has 7 nitrogen and oxygen atoms in total. The lowest BCUT2D eigenvalue weighted by atomic mass is 10.1. The van der Waals surface area contributed by atoms with Crippen LogP contribution >= 0.6 is 0 Å². The summed E-state index contributed by atoms with van der Waals surface area (Å²) in [5.74, 6) is -0.381. The number of benzene rings is 1. The van der Waals surface area contributed by atoms with E-state index in [1.807, 2.05) is 0 Å². The molecule has 0 bridgehead atoms. The van der Waals surface area contributed by atoms with Gasteiger partial charge in [-0.2, -0.15) is 5.26 Å². The van der Waals surface area contributed by atoms with Crippen molar-refractivity contribution in [2.45, 2.75) is 19.3 Å². The van der Waals surface area contributed by atoms with E-state index in [2.05, 4.69) is 16.7 Å². The fourth-order valence-electron chi connectivity index (χ4n) is 1.67. The van der Waals surface area contributed by atoms with Gasteiger partial charge in [0, 0.05) is 37.8 Å². The molecule has 0 spiro atoms. The van der Waals surface area contributed by atoms with Gasteiger partial charge >= 0.3 is 0 Å². The number of carbonyl (C=O) groups is 1. The molecule has 1 amide bonds. The van der Waals surface area contributed by atoms with Crippen LogP contribution in [0.4, 0.5) is 11.4 Å². The number of nitrogens with zero attached hydrogens (tertiary/aromatic N) is 2. The molecule has 0 radical (unpaired) electrons. The van der Waals surface area contributed by atoms with Gasteiger partial charge in [0.15, 0.2) is 0 Å². The van der Waals surface area contributed by atoms with Crippen LogP contribution in [0.5, 0.6) is 0 Å². The van der Waals surface area contributed by atoms with Gasteiger partial charge in [0.2, 0.25) is 0 Å². The highest BCUT2D eigenvalue weighted by Crippen LogP contribution is 2.22. The van der Waals surface area contributed by atoms with E-state index in [4.69, 9.17) is 5.26 Å². The largest absolute Gasteiger partial charge is 0.384 e. The first kappa shape index (κ1) is 15.4. The lowest BCUT2D eigenvalue weighted by Crippen LogP contribution is -2.20. The van der Waals surface area contributed by atoms with E-state index in [1.165, 1.54) is 25.2 Å². The van der Waals surface area contributed by atoms with E-state index >= 15 is 0 Å². The van der Waals surface area contributed by atoms with Crippen molar-refractivity contribution in [2.75, 3.05) is 18.9 Å². The summed E-state index contributed by atoms with van der Waals surface area (Å²) < 4.78 is 0. The van der Waals surface area contributed by atoms with Crippen molar-refractivity contribution < 1.29 is 9.72 Å². The fourth-order valence-corrected chi connectivity index (χ4v) is 1.67. The minimum absolute atomic E-state index is 0.126. The molecule has 1 rings (SSSR count). The molecule has 0 heterocycles. The van der Waals surface area contributed by atoms with Crippen molar-refractivity contribution in [1.82, 2.24) is 5.32 Å². The lowest BCUT2D eigenvalue weighted by Gasteiger charge is -2.10. The number of nitriles is 1. The summed E-state index contributed by atoms with van der Waals surface area (Å²) in [4.78, 5) is 21.9. The Morgan fingerprint density at radius 2 is 2.20 bits per heavy atom. The molecule has 0 aromatic heterocycles. The van der Waals surface area contributed by atoms with Crippen LogP contribution in [0, 0.1) is 21.4 Å². The zero-order valence-corrected chi connectivity index (χ0v) is 11.2. The summed E-state index contributed by atoms with van der Waals surface area (Å²) in [5.41, 5.74) is 0.660. The highest BCUT2D eigenvalue weighted by molar-refractivity contribution is 6.00. The fraction of sp³-hybridized carbons (Fsp3) is 0.385. The molecule has 1 aromatic rings. The standard InChI is InChI=1S/C13H16N4O3/c1-15-13(18)11-9-10(17(19)20)5-6-12(11)16-8-4-2-3-7-14/h5-6,9,16H,2-4,8H2,1H3,(H,15,18). The third-order valence-corrected chi connectivity index (χ3v) is 2.72. The molecule has 7 heteroatoms. The van der Waals surface area contributed by atoms with Crippen molar-refractivity contribution in [3.05, 3.63) is 33.9 Å². The maximum absolute atomic E-state index is 11.7. The van der Waals surface area contributed by atoms with Gasteiger partial charge in [0.25, 0.3) is 11.6 Å². The Kier molecular flexibility index (Phi) is 5.97. The molecule has 2 N–H and O–H groups in total. The van der Waals surface area contributed by atoms with Crippen LogP contribution in [0.25, 0.3) is 0 Å². The highest BCUT2D eigenvalue weighted by atomic mass is 16.6. The van der Waals surface area contributed by atoms with Crippen molar-refractivity contribution in [2.24, 2.45) is 0 Å². The molecule has 0 saturated carbocycles. The number of unbranched alkanes of at least 4 members (excludes halogenated alkanes) is 2. The second-order valence-electron chi connectivity index (χ2n) is 4.11. The Bertz CT molecular complexity index is 537. The number of hydrogen-bond donors (Lipinski definition) is 2. The summed E-state index contributed by atoms with van der Waals surface area (Å²) >= 11 is 0. The second-order valence-corrected chi connectivity index (χ2v) is 4.11. The topological polar surface area (TPSA) is 108 Å². The van der Waals surface area contributed by atoms with E-state index in [-0.39, 0.29) is 17.2 Å². The Hall–Kier alpha value is -2.62. The number of nitro groups is 1. The summed E-state index contributed by atoms with van der Waals surface area (Å²) in [5, 5.41) is 24.7. The molecule has 0 aliphatic heterocycles. The smallest absolute Gasteiger partial charge is 0.270 e. The van der Waals surface area contributed by atoms with E-state index < -0.39 is 4.92 Å². The summed E-state index contributed by atoms with van der Waals surface area (Å²) in [6.45, 7) is 0.601. The van der Waals surface area contributed by atoms with E-state index in [0.29, 0.717) is 18.7 Å². The van der Waals surface area contributed by atoms with Crippen LogP contribution in [0.3, 0.4) is 0 Å². The van der Waals surface area contributed by atoms with Crippen LogP contribution in [0.1, 0.15) is 29.6 Å². The average Bonchev–Trinajstić information content (AvgIpc) is 2.46. The Balaban J connectivity index is 2.81. The van der Waals surface area contributed by atoms with Gasteiger partial charge in [0.1, 0.15) is 0 Å². The first-order chi connectivity index (χ1) is 9.60. The second kappa shape index (κ2) is 7.74. The summed E-state index contributed by atoms with van der Waals surface area (Å²) in [7, 11) is 1.47. The van der Waals surface area contributed by atoms with E-state index in [1.54, 1.807) is 0 Å². The van der Waals surface area contributed by atoms with Crippen molar-refractivity contribution in [3.63, 3.8) is 0 Å². The molecule has 0 atom stereocenters. The molecule has 0 aliphatic carbocycles. The van der Waals surface area contributed by atoms with Crippen LogP contribution in [-0.4, -0.2) is 24.4 Å². The van der Waals surface area contributed by atoms with Crippen LogP contribution in [0.15, 0.2) is 18.2 Å². The summed E-state index contributed by atoms with van der Waals surface area (Å²) in [6.07, 6.45) is 2.05. The number of non-ortho nitro benzene ring substituents is 1. The summed E-state index contributed by atoms with van der Waals surface area (Å²) in [6, 6.07) is 6.18. The number of amides is 1. The molecule has 0 unspecified atom stereocenters. The minimum Gasteiger partial charge on any atom is -0.384 e.